The molecule has 0 saturated carbocycles. The van der Waals surface area contributed by atoms with Gasteiger partial charge >= 0.3 is 0 Å². The highest BCUT2D eigenvalue weighted by atomic mass is 16.6. The average Bonchev–Trinajstić information content (AvgIpc) is 3.27. The van der Waals surface area contributed by atoms with E-state index in [-0.39, 0.29) is 17.9 Å². The van der Waals surface area contributed by atoms with Crippen molar-refractivity contribution in [3.8, 4) is 23.0 Å². The predicted octanol–water partition coefficient (Wildman–Crippen LogP) is 6.09. The summed E-state index contributed by atoms with van der Waals surface area (Å²) < 4.78 is 23.3. The van der Waals surface area contributed by atoms with Gasteiger partial charge in [-0.25, -0.2) is 0 Å². The molecule has 1 atom stereocenters. The minimum Gasteiger partial charge on any atom is -0.507 e. The fourth-order valence-corrected chi connectivity index (χ4v) is 5.31. The Bertz CT molecular complexity index is 1450. The first-order chi connectivity index (χ1) is 20.5. The number of Topliss-reactive ketones (excluding diaryl/α,β-unsaturated/α-hetero) is 1. The van der Waals surface area contributed by atoms with Gasteiger partial charge in [-0.15, -0.1) is 0 Å². The molecule has 2 aliphatic heterocycles. The molecule has 1 saturated heterocycles. The monoisotopic (exact) mass is 571 g/mol. The van der Waals surface area contributed by atoms with Crippen LogP contribution in [0.1, 0.15) is 55.8 Å². The smallest absolute Gasteiger partial charge is 0.295 e. The maximum Gasteiger partial charge on any atom is 0.295 e. The van der Waals surface area contributed by atoms with E-state index in [1.165, 1.54) is 4.90 Å². The van der Waals surface area contributed by atoms with Crippen molar-refractivity contribution in [2.24, 2.45) is 0 Å². The number of nitrogens with zero attached hydrogens (tertiary/aromatic N) is 1. The molecule has 0 spiro atoms. The van der Waals surface area contributed by atoms with Gasteiger partial charge in [-0.05, 0) is 61.2 Å². The van der Waals surface area contributed by atoms with Crippen LogP contribution in [0, 0.1) is 0 Å². The minimum absolute atomic E-state index is 0.0174. The topological polar surface area (TPSA) is 94.5 Å². The summed E-state index contributed by atoms with van der Waals surface area (Å²) in [4.78, 5) is 28.6. The van der Waals surface area contributed by atoms with Crippen LogP contribution in [-0.4, -0.2) is 54.7 Å². The molecule has 1 unspecified atom stereocenters. The Balaban J connectivity index is 1.56. The lowest BCUT2D eigenvalue weighted by Gasteiger charge is -2.26. The van der Waals surface area contributed by atoms with Crippen molar-refractivity contribution in [2.75, 3.05) is 33.0 Å². The van der Waals surface area contributed by atoms with Crippen LogP contribution in [0.25, 0.3) is 5.76 Å². The average molecular weight is 572 g/mol. The SMILES string of the molecule is CCCCCOc1ccc(C2/C(=C(\O)c3ccc4c(c3)OCCO4)C(=O)C(=O)N2CCc2ccccc2)cc1OCC. The summed E-state index contributed by atoms with van der Waals surface area (Å²) in [7, 11) is 0. The highest BCUT2D eigenvalue weighted by molar-refractivity contribution is 6.46. The van der Waals surface area contributed by atoms with Crippen LogP contribution in [0.3, 0.4) is 0 Å². The van der Waals surface area contributed by atoms with Gasteiger partial charge < -0.3 is 29.0 Å². The van der Waals surface area contributed by atoms with E-state index in [2.05, 4.69) is 6.92 Å². The van der Waals surface area contributed by atoms with E-state index in [1.807, 2.05) is 55.5 Å². The first kappa shape index (κ1) is 29.0. The zero-order valence-electron chi connectivity index (χ0n) is 24.1. The van der Waals surface area contributed by atoms with Crippen LogP contribution >= 0.6 is 0 Å². The molecule has 8 heteroatoms. The van der Waals surface area contributed by atoms with Gasteiger partial charge in [0.2, 0.25) is 0 Å². The molecule has 1 fully saturated rings. The minimum atomic E-state index is -0.824. The zero-order valence-corrected chi connectivity index (χ0v) is 24.1. The number of ketones is 1. The first-order valence-corrected chi connectivity index (χ1v) is 14.6. The number of hydrogen-bond acceptors (Lipinski definition) is 7. The van der Waals surface area contributed by atoms with E-state index in [9.17, 15) is 14.7 Å². The van der Waals surface area contributed by atoms with Crippen LogP contribution < -0.4 is 18.9 Å². The Morgan fingerprint density at radius 2 is 1.69 bits per heavy atom. The predicted molar refractivity (Wildman–Crippen MR) is 159 cm³/mol. The molecule has 5 rings (SSSR count). The third-order valence-corrected chi connectivity index (χ3v) is 7.43. The van der Waals surface area contributed by atoms with E-state index in [1.54, 1.807) is 18.2 Å². The van der Waals surface area contributed by atoms with Crippen LogP contribution in [-0.2, 0) is 16.0 Å². The van der Waals surface area contributed by atoms with Gasteiger partial charge in [-0.1, -0.05) is 56.2 Å². The van der Waals surface area contributed by atoms with Gasteiger partial charge in [0, 0.05) is 12.1 Å². The van der Waals surface area contributed by atoms with Crippen molar-refractivity contribution in [2.45, 2.75) is 45.6 Å². The number of aliphatic hydroxyl groups is 1. The summed E-state index contributed by atoms with van der Waals surface area (Å²) >= 11 is 0. The number of unbranched alkanes of at least 4 members (excludes halogenated alkanes) is 2. The number of hydrogen-bond donors (Lipinski definition) is 1. The molecular weight excluding hydrogens is 534 g/mol. The van der Waals surface area contributed by atoms with Crippen molar-refractivity contribution in [1.82, 2.24) is 4.90 Å². The number of rotatable bonds is 12. The molecule has 42 heavy (non-hydrogen) atoms. The lowest BCUT2D eigenvalue weighted by Crippen LogP contribution is -2.31. The Hall–Kier alpha value is -4.46. The molecule has 2 aliphatic rings. The van der Waals surface area contributed by atoms with Crippen molar-refractivity contribution in [3.05, 3.63) is 89.0 Å². The first-order valence-electron chi connectivity index (χ1n) is 14.6. The van der Waals surface area contributed by atoms with Gasteiger partial charge in [0.15, 0.2) is 23.0 Å². The molecule has 3 aromatic carbocycles. The Morgan fingerprint density at radius 1 is 0.905 bits per heavy atom. The molecule has 0 bridgehead atoms. The van der Waals surface area contributed by atoms with Crippen LogP contribution in [0.5, 0.6) is 23.0 Å². The third kappa shape index (κ3) is 6.22. The fraction of sp³-hybridized carbons (Fsp3) is 0.353. The molecule has 1 amide bonds. The number of carbonyl (C=O) groups is 2. The number of carbonyl (C=O) groups excluding carboxylic acids is 2. The van der Waals surface area contributed by atoms with Crippen LogP contribution in [0.2, 0.25) is 0 Å². The normalized spacial score (nSPS) is 17.4. The molecule has 0 radical (unpaired) electrons. The van der Waals surface area contributed by atoms with Crippen molar-refractivity contribution in [3.63, 3.8) is 0 Å². The summed E-state index contributed by atoms with van der Waals surface area (Å²) in [5.74, 6) is 0.503. The van der Waals surface area contributed by atoms with Gasteiger partial charge in [0.05, 0.1) is 24.8 Å². The summed E-state index contributed by atoms with van der Waals surface area (Å²) in [6, 6.07) is 19.4. The van der Waals surface area contributed by atoms with Crippen molar-refractivity contribution in [1.29, 1.82) is 0 Å². The van der Waals surface area contributed by atoms with E-state index >= 15 is 0 Å². The number of likely N-dealkylation sites (tertiary alicyclic amines) is 1. The highest BCUT2D eigenvalue weighted by Crippen LogP contribution is 2.43. The summed E-state index contributed by atoms with van der Waals surface area (Å²) in [5, 5.41) is 11.6. The highest BCUT2D eigenvalue weighted by Gasteiger charge is 2.46. The Morgan fingerprint density at radius 3 is 2.45 bits per heavy atom. The molecule has 2 heterocycles. The van der Waals surface area contributed by atoms with E-state index < -0.39 is 17.7 Å². The molecule has 3 aromatic rings. The molecule has 220 valence electrons. The van der Waals surface area contributed by atoms with E-state index in [0.717, 1.165) is 24.8 Å². The summed E-state index contributed by atoms with van der Waals surface area (Å²) in [6.07, 6.45) is 3.63. The Kier molecular flexibility index (Phi) is 9.31. The van der Waals surface area contributed by atoms with Gasteiger partial charge in [-0.2, -0.15) is 0 Å². The third-order valence-electron chi connectivity index (χ3n) is 7.43. The molecule has 1 N–H and O–H groups in total. The van der Waals surface area contributed by atoms with Crippen LogP contribution in [0.4, 0.5) is 0 Å². The number of ether oxygens (including phenoxy) is 4. The standard InChI is InChI=1S/C34H37NO7/c1-3-5-9-18-40-26-14-12-24(21-28(26)39-4-2)31-30(32(36)25-13-15-27-29(22-25)42-20-19-41-27)33(37)34(38)35(31)17-16-23-10-7-6-8-11-23/h6-8,10-15,21-22,31,36H,3-5,9,16-20H2,1-2H3/b32-30+. The molecule has 8 nitrogen and oxygen atoms in total. The largest absolute Gasteiger partial charge is 0.507 e. The van der Waals surface area contributed by atoms with Crippen LogP contribution in [0.15, 0.2) is 72.3 Å². The number of amides is 1. The zero-order chi connectivity index (χ0) is 29.5. The maximum absolute atomic E-state index is 13.6. The lowest BCUT2D eigenvalue weighted by atomic mass is 9.94. The fourth-order valence-electron chi connectivity index (χ4n) is 5.31. The second kappa shape index (κ2) is 13.5. The summed E-state index contributed by atoms with van der Waals surface area (Å²) in [6.45, 7) is 6.12. The second-order valence-electron chi connectivity index (χ2n) is 10.3. The Labute approximate surface area is 246 Å². The maximum atomic E-state index is 13.6. The number of benzene rings is 3. The quantitative estimate of drug-likeness (QED) is 0.122. The van der Waals surface area contributed by atoms with E-state index in [0.29, 0.717) is 67.0 Å². The van der Waals surface area contributed by atoms with Gasteiger partial charge in [-0.3, -0.25) is 9.59 Å². The van der Waals surface area contributed by atoms with Gasteiger partial charge in [0.25, 0.3) is 11.7 Å². The molecule has 0 aromatic heterocycles. The lowest BCUT2D eigenvalue weighted by molar-refractivity contribution is -0.139. The second-order valence-corrected chi connectivity index (χ2v) is 10.3. The van der Waals surface area contributed by atoms with E-state index in [4.69, 9.17) is 18.9 Å². The molecule has 0 aliphatic carbocycles. The van der Waals surface area contributed by atoms with Gasteiger partial charge in [0.1, 0.15) is 19.0 Å². The number of aliphatic hydroxyl groups excluding tert-OH is 1. The van der Waals surface area contributed by atoms with Crippen molar-refractivity contribution >= 4 is 17.4 Å². The molecular formula is C34H37NO7. The number of fused-ring (bicyclic) bond motifs is 1. The van der Waals surface area contributed by atoms with Crippen molar-refractivity contribution < 1.29 is 33.6 Å². The summed E-state index contributed by atoms with van der Waals surface area (Å²) in [5.41, 5.74) is 2.07.